The van der Waals surface area contributed by atoms with Crippen LogP contribution >= 0.6 is 11.3 Å². The van der Waals surface area contributed by atoms with Crippen LogP contribution in [0.5, 0.6) is 0 Å². The van der Waals surface area contributed by atoms with E-state index in [0.29, 0.717) is 23.8 Å². The van der Waals surface area contributed by atoms with Crippen LogP contribution in [0.15, 0.2) is 41.8 Å². The van der Waals surface area contributed by atoms with Crippen molar-refractivity contribution in [1.29, 1.82) is 0 Å². The molecule has 9 nitrogen and oxygen atoms in total. The van der Waals surface area contributed by atoms with Crippen molar-refractivity contribution >= 4 is 23.1 Å². The highest BCUT2D eigenvalue weighted by Gasteiger charge is 2.32. The van der Waals surface area contributed by atoms with Gasteiger partial charge in [-0.3, -0.25) is 14.8 Å². The molecule has 0 spiro atoms. The van der Waals surface area contributed by atoms with Crippen molar-refractivity contribution in [2.75, 3.05) is 0 Å². The molecule has 0 saturated heterocycles. The van der Waals surface area contributed by atoms with Gasteiger partial charge < -0.3 is 15.7 Å². The van der Waals surface area contributed by atoms with Crippen LogP contribution < -0.4 is 17.0 Å². The third kappa shape index (κ3) is 7.07. The molecule has 1 unspecified atom stereocenters. The number of hydrogen-bond donors (Lipinski definition) is 3. The molecule has 3 rings (SSSR count). The van der Waals surface area contributed by atoms with Crippen molar-refractivity contribution < 1.29 is 18.0 Å². The average Bonchev–Trinajstić information content (AvgIpc) is 3.43. The highest BCUT2D eigenvalue weighted by atomic mass is 32.1. The molecule has 0 radical (unpaired) electrons. The smallest absolute Gasteiger partial charge is 0.352 e. The number of nitrogens with one attached hydrogen (secondary N) is 1. The SMILES string of the molecule is Cc1ccc(-c2cnc(CN(N)/C(=N\N)C(C)C)n2CC(C)C(=O)NCc2ccc(C(F)(F)F)nc2)s1. The predicted molar refractivity (Wildman–Crippen MR) is 137 cm³/mol. The van der Waals surface area contributed by atoms with Gasteiger partial charge in [-0.25, -0.2) is 10.8 Å². The number of hydrazine groups is 1. The number of hydrazone groups is 1. The maximum Gasteiger partial charge on any atom is 0.433 e. The van der Waals surface area contributed by atoms with Gasteiger partial charge in [0.05, 0.1) is 29.2 Å². The van der Waals surface area contributed by atoms with E-state index in [1.807, 2.05) is 37.5 Å². The highest BCUT2D eigenvalue weighted by Crippen LogP contribution is 2.30. The van der Waals surface area contributed by atoms with Gasteiger partial charge >= 0.3 is 6.18 Å². The molecule has 5 N–H and O–H groups in total. The Kier molecular flexibility index (Phi) is 8.92. The zero-order chi connectivity index (χ0) is 27.3. The summed E-state index contributed by atoms with van der Waals surface area (Å²) in [6.07, 6.45) is -1.65. The van der Waals surface area contributed by atoms with E-state index in [1.165, 1.54) is 11.1 Å². The van der Waals surface area contributed by atoms with E-state index in [9.17, 15) is 18.0 Å². The molecule has 3 heterocycles. The Balaban J connectivity index is 1.76. The number of aromatic nitrogens is 3. The minimum absolute atomic E-state index is 0.00205. The molecule has 0 bridgehead atoms. The van der Waals surface area contributed by atoms with E-state index in [4.69, 9.17) is 11.7 Å². The second-order valence-electron chi connectivity index (χ2n) is 9.02. The third-order valence-electron chi connectivity index (χ3n) is 5.67. The van der Waals surface area contributed by atoms with Gasteiger partial charge in [-0.05, 0) is 30.7 Å². The van der Waals surface area contributed by atoms with Crippen molar-refractivity contribution in [1.82, 2.24) is 24.9 Å². The lowest BCUT2D eigenvalue weighted by atomic mass is 10.1. The van der Waals surface area contributed by atoms with E-state index in [0.717, 1.165) is 27.7 Å². The second kappa shape index (κ2) is 11.7. The van der Waals surface area contributed by atoms with Crippen LogP contribution in [0.4, 0.5) is 13.2 Å². The van der Waals surface area contributed by atoms with Crippen molar-refractivity contribution in [2.24, 2.45) is 28.6 Å². The van der Waals surface area contributed by atoms with Gasteiger partial charge in [0.15, 0.2) is 0 Å². The minimum atomic E-state index is -4.51. The molecule has 0 aliphatic rings. The van der Waals surface area contributed by atoms with Gasteiger partial charge in [0, 0.05) is 30.1 Å². The Morgan fingerprint density at radius 1 is 1.19 bits per heavy atom. The maximum absolute atomic E-state index is 12.9. The number of carbonyl (C=O) groups is 1. The number of hydrogen-bond acceptors (Lipinski definition) is 7. The first-order valence-corrected chi connectivity index (χ1v) is 12.4. The summed E-state index contributed by atoms with van der Waals surface area (Å²) in [5.74, 6) is 12.2. The highest BCUT2D eigenvalue weighted by molar-refractivity contribution is 7.15. The lowest BCUT2D eigenvalue weighted by molar-refractivity contribution is -0.141. The number of carbonyl (C=O) groups excluding carboxylic acids is 1. The molecule has 0 aliphatic carbocycles. The van der Waals surface area contributed by atoms with Gasteiger partial charge in [-0.15, -0.1) is 11.3 Å². The number of imidazole rings is 1. The molecule has 0 aromatic carbocycles. The second-order valence-corrected chi connectivity index (χ2v) is 10.3. The van der Waals surface area contributed by atoms with Crippen molar-refractivity contribution in [3.8, 4) is 10.6 Å². The summed E-state index contributed by atoms with van der Waals surface area (Å²) in [7, 11) is 0. The number of aryl methyl sites for hydroxylation is 1. The third-order valence-corrected chi connectivity index (χ3v) is 6.69. The molecule has 200 valence electrons. The van der Waals surface area contributed by atoms with Gasteiger partial charge in [-0.2, -0.15) is 18.3 Å². The first kappa shape index (κ1) is 28.1. The van der Waals surface area contributed by atoms with Crippen LogP contribution in [0.25, 0.3) is 10.6 Å². The van der Waals surface area contributed by atoms with E-state index < -0.39 is 17.8 Å². The number of rotatable bonds is 9. The monoisotopic (exact) mass is 536 g/mol. The van der Waals surface area contributed by atoms with Crippen molar-refractivity contribution in [3.05, 3.63) is 58.6 Å². The summed E-state index contributed by atoms with van der Waals surface area (Å²) >= 11 is 1.61. The summed E-state index contributed by atoms with van der Waals surface area (Å²) in [5.41, 5.74) is 0.339. The molecule has 1 atom stereocenters. The molecule has 0 fully saturated rings. The molecular weight excluding hydrogens is 505 g/mol. The number of thiophene rings is 1. The Hall–Kier alpha value is -3.45. The van der Waals surface area contributed by atoms with Gasteiger partial charge in [0.1, 0.15) is 17.4 Å². The van der Waals surface area contributed by atoms with Crippen LogP contribution in [0.3, 0.4) is 0 Å². The molecule has 3 aromatic heterocycles. The van der Waals surface area contributed by atoms with Crippen LogP contribution in [0.1, 0.15) is 42.7 Å². The Bertz CT molecular complexity index is 1230. The summed E-state index contributed by atoms with van der Waals surface area (Å²) in [4.78, 5) is 23.0. The number of pyridine rings is 1. The standard InChI is InChI=1S/C24H31F3N8OS/c1-14(2)22(33-28)35(29)13-21-31-11-18(19-7-5-16(4)37-19)34(21)12-15(3)23(36)32-10-17-6-8-20(30-9-17)24(25,26)27/h5-9,11,14-15H,10,12-13,28-29H2,1-4H3,(H,32,36)/b33-22-. The largest absolute Gasteiger partial charge is 0.433 e. The fraction of sp³-hybridized carbons (Fsp3) is 0.417. The van der Waals surface area contributed by atoms with Crippen LogP contribution in [0, 0.1) is 18.8 Å². The first-order chi connectivity index (χ1) is 17.4. The summed E-state index contributed by atoms with van der Waals surface area (Å²) in [6.45, 7) is 8.23. The quantitative estimate of drug-likeness (QED) is 0.165. The van der Waals surface area contributed by atoms with Crippen LogP contribution in [-0.4, -0.2) is 31.3 Å². The zero-order valence-corrected chi connectivity index (χ0v) is 21.9. The number of halogens is 3. The molecular formula is C24H31F3N8OS. The normalized spacial score (nSPS) is 13.2. The minimum Gasteiger partial charge on any atom is -0.352 e. The summed E-state index contributed by atoms with van der Waals surface area (Å²) < 4.78 is 40.1. The lowest BCUT2D eigenvalue weighted by Gasteiger charge is -2.23. The van der Waals surface area contributed by atoms with E-state index in [-0.39, 0.29) is 24.9 Å². The molecule has 1 amide bonds. The molecule has 3 aromatic rings. The fourth-order valence-corrected chi connectivity index (χ4v) is 4.60. The van der Waals surface area contributed by atoms with Crippen LogP contribution in [-0.2, 0) is 30.6 Å². The topological polar surface area (TPSA) is 127 Å². The maximum atomic E-state index is 12.9. The Morgan fingerprint density at radius 3 is 2.46 bits per heavy atom. The van der Waals surface area contributed by atoms with Gasteiger partial charge in [0.2, 0.25) is 5.91 Å². The van der Waals surface area contributed by atoms with Gasteiger partial charge in [0.25, 0.3) is 0 Å². The number of alkyl halides is 3. The average molecular weight is 537 g/mol. The van der Waals surface area contributed by atoms with E-state index >= 15 is 0 Å². The number of nitrogens with zero attached hydrogens (tertiary/aromatic N) is 5. The summed E-state index contributed by atoms with van der Waals surface area (Å²) in [6, 6.07) is 6.21. The molecule has 13 heteroatoms. The fourth-order valence-electron chi connectivity index (χ4n) is 3.72. The first-order valence-electron chi connectivity index (χ1n) is 11.6. The predicted octanol–water partition coefficient (Wildman–Crippen LogP) is 3.89. The number of amidine groups is 1. The number of nitrogens with two attached hydrogens (primary N) is 2. The van der Waals surface area contributed by atoms with E-state index in [1.54, 1.807) is 24.5 Å². The van der Waals surface area contributed by atoms with Crippen LogP contribution in [0.2, 0.25) is 0 Å². The molecule has 37 heavy (non-hydrogen) atoms. The Labute approximate surface area is 217 Å². The van der Waals surface area contributed by atoms with E-state index in [2.05, 4.69) is 20.4 Å². The number of amides is 1. The van der Waals surface area contributed by atoms with Crippen molar-refractivity contribution in [3.63, 3.8) is 0 Å². The molecule has 0 aliphatic heterocycles. The van der Waals surface area contributed by atoms with Crippen molar-refractivity contribution in [2.45, 2.75) is 53.5 Å². The molecule has 0 saturated carbocycles. The lowest BCUT2D eigenvalue weighted by Crippen LogP contribution is -2.41. The zero-order valence-electron chi connectivity index (χ0n) is 21.1. The Morgan fingerprint density at radius 2 is 1.92 bits per heavy atom. The van der Waals surface area contributed by atoms with Gasteiger partial charge in [-0.1, -0.05) is 26.8 Å². The summed E-state index contributed by atoms with van der Waals surface area (Å²) in [5, 5.41) is 8.01.